The molecule has 0 N–H and O–H groups in total. The molecule has 0 aromatic heterocycles. The maximum absolute atomic E-state index is 14.7. The number of hydrogen-bond donors (Lipinski definition) is 0. The Bertz CT molecular complexity index is 1120. The summed E-state index contributed by atoms with van der Waals surface area (Å²) in [6, 6.07) is 22.5. The van der Waals surface area contributed by atoms with Gasteiger partial charge in [-0.2, -0.15) is 4.31 Å². The van der Waals surface area contributed by atoms with Crippen molar-refractivity contribution in [2.24, 2.45) is 0 Å². The third-order valence-corrected chi connectivity index (χ3v) is 7.30. The molecule has 162 valence electrons. The molecule has 1 heterocycles. The third-order valence-electron chi connectivity index (χ3n) is 5.30. The van der Waals surface area contributed by atoms with Gasteiger partial charge in [-0.1, -0.05) is 66.7 Å². The molecule has 0 amide bonds. The van der Waals surface area contributed by atoms with Gasteiger partial charge in [0.25, 0.3) is 0 Å². The highest BCUT2D eigenvalue weighted by Gasteiger charge is 2.40. The van der Waals surface area contributed by atoms with Crippen LogP contribution >= 0.6 is 0 Å². The number of ether oxygens (including phenoxy) is 2. The van der Waals surface area contributed by atoms with E-state index in [2.05, 4.69) is 0 Å². The molecule has 1 aliphatic rings. The summed E-state index contributed by atoms with van der Waals surface area (Å²) in [5, 5.41) is 0. The minimum absolute atomic E-state index is 0.0103. The van der Waals surface area contributed by atoms with Crippen LogP contribution in [0.4, 0.5) is 4.39 Å². The van der Waals surface area contributed by atoms with Crippen LogP contribution in [0, 0.1) is 5.82 Å². The molecule has 2 atom stereocenters. The minimum atomic E-state index is -4.13. The van der Waals surface area contributed by atoms with Crippen LogP contribution in [0.5, 0.6) is 5.75 Å². The van der Waals surface area contributed by atoms with Gasteiger partial charge in [0, 0.05) is 6.04 Å². The van der Waals surface area contributed by atoms with E-state index in [1.165, 1.54) is 16.4 Å². The molecule has 0 saturated heterocycles. The van der Waals surface area contributed by atoms with Crippen LogP contribution in [-0.4, -0.2) is 32.0 Å². The summed E-state index contributed by atoms with van der Waals surface area (Å²) in [6.45, 7) is 2.37. The Kier molecular flexibility index (Phi) is 6.36. The van der Waals surface area contributed by atoms with Crippen LogP contribution in [0.1, 0.15) is 24.1 Å². The zero-order valence-corrected chi connectivity index (χ0v) is 18.0. The number of benzene rings is 3. The van der Waals surface area contributed by atoms with E-state index in [-0.39, 0.29) is 18.9 Å². The maximum atomic E-state index is 14.7. The summed E-state index contributed by atoms with van der Waals surface area (Å²) in [4.78, 5) is -0.427. The van der Waals surface area contributed by atoms with Crippen LogP contribution in [0.25, 0.3) is 0 Å². The Balaban J connectivity index is 1.64. The van der Waals surface area contributed by atoms with Crippen molar-refractivity contribution in [3.05, 3.63) is 95.8 Å². The topological polar surface area (TPSA) is 55.8 Å². The Labute approximate surface area is 182 Å². The lowest BCUT2D eigenvalue weighted by Crippen LogP contribution is -2.40. The fourth-order valence-electron chi connectivity index (χ4n) is 3.70. The molecule has 5 nitrogen and oxygen atoms in total. The number of fused-ring (bicyclic) bond motifs is 1. The molecule has 3 aromatic rings. The standard InChI is InChI=1S/C24H24FNO4S/c1-18(20-11-6-3-7-12-20)26-15-21(17-29-16-19-9-4-2-5-10-19)30-23-14-8-13-22(25)24(23)31(26,27)28/h2-14,18,21H,15-17H2,1H3/t18-,21+/m1/s1. The van der Waals surface area contributed by atoms with E-state index in [4.69, 9.17) is 9.47 Å². The van der Waals surface area contributed by atoms with Crippen LogP contribution in [0.3, 0.4) is 0 Å². The Hall–Kier alpha value is -2.74. The number of hydrogen-bond acceptors (Lipinski definition) is 4. The Morgan fingerprint density at radius 1 is 1.03 bits per heavy atom. The van der Waals surface area contributed by atoms with Gasteiger partial charge in [-0.05, 0) is 30.2 Å². The molecule has 0 fully saturated rings. The SMILES string of the molecule is C[C@H](c1ccccc1)N1C[C@@H](COCc2ccccc2)Oc2cccc(F)c2S1(=O)=O. The summed E-state index contributed by atoms with van der Waals surface area (Å²) >= 11 is 0. The fourth-order valence-corrected chi connectivity index (χ4v) is 5.52. The zero-order chi connectivity index (χ0) is 21.8. The van der Waals surface area contributed by atoms with Crippen molar-refractivity contribution in [1.29, 1.82) is 0 Å². The van der Waals surface area contributed by atoms with E-state index >= 15 is 0 Å². The summed E-state index contributed by atoms with van der Waals surface area (Å²) in [7, 11) is -4.13. The first-order chi connectivity index (χ1) is 15.0. The van der Waals surface area contributed by atoms with Crippen LogP contribution in [0.15, 0.2) is 83.8 Å². The highest BCUT2D eigenvalue weighted by atomic mass is 32.2. The average molecular weight is 442 g/mol. The Morgan fingerprint density at radius 3 is 2.42 bits per heavy atom. The number of rotatable bonds is 6. The smallest absolute Gasteiger partial charge is 0.250 e. The lowest BCUT2D eigenvalue weighted by Gasteiger charge is -2.29. The largest absolute Gasteiger partial charge is 0.485 e. The van der Waals surface area contributed by atoms with Crippen molar-refractivity contribution in [2.75, 3.05) is 13.2 Å². The van der Waals surface area contributed by atoms with E-state index < -0.39 is 32.9 Å². The van der Waals surface area contributed by atoms with Crippen molar-refractivity contribution in [3.63, 3.8) is 0 Å². The molecular formula is C24H24FNO4S. The van der Waals surface area contributed by atoms with Gasteiger partial charge >= 0.3 is 0 Å². The highest BCUT2D eigenvalue weighted by Crippen LogP contribution is 2.37. The minimum Gasteiger partial charge on any atom is -0.485 e. The predicted octanol–water partition coefficient (Wildman–Crippen LogP) is 4.56. The first-order valence-electron chi connectivity index (χ1n) is 10.1. The predicted molar refractivity (Wildman–Crippen MR) is 116 cm³/mol. The third kappa shape index (κ3) is 4.63. The van der Waals surface area contributed by atoms with Gasteiger partial charge in [-0.15, -0.1) is 0 Å². The molecule has 3 aromatic carbocycles. The monoisotopic (exact) mass is 441 g/mol. The van der Waals surface area contributed by atoms with Gasteiger partial charge in [-0.3, -0.25) is 0 Å². The van der Waals surface area contributed by atoms with Gasteiger partial charge in [-0.25, -0.2) is 12.8 Å². The first-order valence-corrected chi connectivity index (χ1v) is 11.5. The number of sulfonamides is 1. The van der Waals surface area contributed by atoms with Crippen LogP contribution in [0.2, 0.25) is 0 Å². The van der Waals surface area contributed by atoms with Gasteiger partial charge in [0.2, 0.25) is 10.0 Å². The lowest BCUT2D eigenvalue weighted by atomic mass is 10.1. The molecule has 0 aliphatic carbocycles. The van der Waals surface area contributed by atoms with Gasteiger partial charge in [0.1, 0.15) is 17.7 Å². The molecule has 0 bridgehead atoms. The summed E-state index contributed by atoms with van der Waals surface area (Å²) in [6.07, 6.45) is -0.590. The molecule has 0 unspecified atom stereocenters. The van der Waals surface area contributed by atoms with Gasteiger partial charge < -0.3 is 9.47 Å². The van der Waals surface area contributed by atoms with Gasteiger partial charge in [0.15, 0.2) is 4.90 Å². The molecule has 31 heavy (non-hydrogen) atoms. The van der Waals surface area contributed by atoms with E-state index in [9.17, 15) is 12.8 Å². The molecule has 0 saturated carbocycles. The van der Waals surface area contributed by atoms with Crippen LogP contribution in [-0.2, 0) is 21.4 Å². The van der Waals surface area contributed by atoms with E-state index in [0.717, 1.165) is 17.2 Å². The van der Waals surface area contributed by atoms with E-state index in [1.54, 1.807) is 6.92 Å². The second kappa shape index (κ2) is 9.18. The Morgan fingerprint density at radius 2 is 1.71 bits per heavy atom. The van der Waals surface area contributed by atoms with Crippen molar-refractivity contribution < 1.29 is 22.3 Å². The number of halogens is 1. The molecule has 0 radical (unpaired) electrons. The summed E-state index contributed by atoms with van der Waals surface area (Å²) in [5.41, 5.74) is 1.82. The van der Waals surface area contributed by atoms with Crippen molar-refractivity contribution in [3.8, 4) is 5.75 Å². The maximum Gasteiger partial charge on any atom is 0.250 e. The highest BCUT2D eigenvalue weighted by molar-refractivity contribution is 7.89. The van der Waals surface area contributed by atoms with Crippen molar-refractivity contribution in [1.82, 2.24) is 4.31 Å². The number of nitrogens with zero attached hydrogens (tertiary/aromatic N) is 1. The second-order valence-corrected chi connectivity index (χ2v) is 9.30. The van der Waals surface area contributed by atoms with Gasteiger partial charge in [0.05, 0.1) is 19.8 Å². The zero-order valence-electron chi connectivity index (χ0n) is 17.1. The van der Waals surface area contributed by atoms with Crippen LogP contribution < -0.4 is 4.74 Å². The molecular weight excluding hydrogens is 417 g/mol. The van der Waals surface area contributed by atoms with Crippen molar-refractivity contribution in [2.45, 2.75) is 30.6 Å². The molecule has 7 heteroatoms. The first kappa shape index (κ1) is 21.5. The van der Waals surface area contributed by atoms with Crippen molar-refractivity contribution >= 4 is 10.0 Å². The second-order valence-electron chi connectivity index (χ2n) is 7.47. The molecule has 0 spiro atoms. The molecule has 1 aliphatic heterocycles. The normalized spacial score (nSPS) is 19.1. The fraction of sp³-hybridized carbons (Fsp3) is 0.250. The lowest BCUT2D eigenvalue weighted by molar-refractivity contribution is 0.0312. The van der Waals surface area contributed by atoms with E-state index in [1.807, 2.05) is 60.7 Å². The average Bonchev–Trinajstić information content (AvgIpc) is 2.89. The quantitative estimate of drug-likeness (QED) is 0.563. The summed E-state index contributed by atoms with van der Waals surface area (Å²) in [5.74, 6) is -0.815. The molecule has 4 rings (SSSR count). The summed E-state index contributed by atoms with van der Waals surface area (Å²) < 4.78 is 54.7. The van der Waals surface area contributed by atoms with E-state index in [0.29, 0.717) is 6.61 Å².